The number of nitrogens with zero attached hydrogens (tertiary/aromatic N) is 2. The number of rotatable bonds is 4. The van der Waals surface area contributed by atoms with Gasteiger partial charge >= 0.3 is 0 Å². The number of nitrogens with one attached hydrogen (secondary N) is 1. The van der Waals surface area contributed by atoms with Crippen LogP contribution in [0.2, 0.25) is 5.02 Å². The van der Waals surface area contributed by atoms with Crippen molar-refractivity contribution in [1.82, 2.24) is 14.9 Å². The van der Waals surface area contributed by atoms with Crippen molar-refractivity contribution in [3.63, 3.8) is 0 Å². The first-order chi connectivity index (χ1) is 11.1. The number of hydrogen-bond acceptors (Lipinski definition) is 4. The second-order valence-corrected chi connectivity index (χ2v) is 6.25. The zero-order chi connectivity index (χ0) is 16.2. The summed E-state index contributed by atoms with van der Waals surface area (Å²) >= 11 is 6.99. The van der Waals surface area contributed by atoms with Crippen LogP contribution in [0.1, 0.15) is 28.2 Å². The quantitative estimate of drug-likeness (QED) is 0.766. The Bertz CT molecular complexity index is 802. The monoisotopic (exact) mass is 343 g/mol. The molecule has 1 N–H and O–H groups in total. The third kappa shape index (κ3) is 3.57. The molecule has 0 aliphatic carbocycles. The van der Waals surface area contributed by atoms with Gasteiger partial charge in [-0.2, -0.15) is 0 Å². The molecule has 2 aromatic carbocycles. The normalized spacial score (nSPS) is 11.9. The summed E-state index contributed by atoms with van der Waals surface area (Å²) in [5.74, 6) is -0.179. The van der Waals surface area contributed by atoms with E-state index in [9.17, 15) is 4.79 Å². The number of carbonyl (C=O) groups is 1. The Hall–Kier alpha value is -2.24. The predicted octanol–water partition coefficient (Wildman–Crippen LogP) is 4.35. The summed E-state index contributed by atoms with van der Waals surface area (Å²) in [7, 11) is 0. The number of amides is 1. The van der Waals surface area contributed by atoms with Gasteiger partial charge in [0.2, 0.25) is 0 Å². The fourth-order valence-corrected chi connectivity index (χ4v) is 2.94. The number of hydrogen-bond donors (Lipinski definition) is 1. The molecule has 0 aliphatic heterocycles. The number of aromatic nitrogens is 2. The van der Waals surface area contributed by atoms with Crippen LogP contribution >= 0.6 is 23.1 Å². The fourth-order valence-electron chi connectivity index (χ4n) is 2.22. The summed E-state index contributed by atoms with van der Waals surface area (Å²) < 4.78 is 3.92. The van der Waals surface area contributed by atoms with Gasteiger partial charge in [0.05, 0.1) is 6.04 Å². The number of benzene rings is 2. The van der Waals surface area contributed by atoms with Crippen molar-refractivity contribution in [2.24, 2.45) is 0 Å². The lowest BCUT2D eigenvalue weighted by atomic mass is 10.1. The Labute approximate surface area is 143 Å². The highest BCUT2D eigenvalue weighted by atomic mass is 35.5. The van der Waals surface area contributed by atoms with Crippen LogP contribution in [0.5, 0.6) is 0 Å². The summed E-state index contributed by atoms with van der Waals surface area (Å²) in [6, 6.07) is 16.8. The first-order valence-corrected chi connectivity index (χ1v) is 8.24. The lowest BCUT2D eigenvalue weighted by Gasteiger charge is -2.14. The molecule has 1 aromatic heterocycles. The number of carbonyl (C=O) groups excluding carboxylic acids is 1. The van der Waals surface area contributed by atoms with Gasteiger partial charge in [0.15, 0.2) is 0 Å². The SMILES string of the molecule is C[C@H](NC(=O)c1snnc1-c1ccccc1)c1ccc(Cl)cc1. The highest BCUT2D eigenvalue weighted by Crippen LogP contribution is 2.24. The van der Waals surface area contributed by atoms with Gasteiger partial charge < -0.3 is 5.32 Å². The largest absolute Gasteiger partial charge is 0.345 e. The van der Waals surface area contributed by atoms with E-state index >= 15 is 0 Å². The van der Waals surface area contributed by atoms with Crippen LogP contribution in [0.3, 0.4) is 0 Å². The molecule has 0 aliphatic rings. The van der Waals surface area contributed by atoms with E-state index in [0.29, 0.717) is 15.6 Å². The minimum atomic E-state index is -0.179. The summed E-state index contributed by atoms with van der Waals surface area (Å²) in [4.78, 5) is 13.1. The van der Waals surface area contributed by atoms with Crippen molar-refractivity contribution in [3.05, 3.63) is 70.1 Å². The summed E-state index contributed by atoms with van der Waals surface area (Å²) in [6.45, 7) is 1.93. The Balaban J connectivity index is 1.79. The first kappa shape index (κ1) is 15.6. The standard InChI is InChI=1S/C17H14ClN3OS/c1-11(12-7-9-14(18)10-8-12)19-17(22)16-15(20-21-23-16)13-5-3-2-4-6-13/h2-11H,1H3,(H,19,22)/t11-/m0/s1. The lowest BCUT2D eigenvalue weighted by Crippen LogP contribution is -2.26. The average molecular weight is 344 g/mol. The smallest absolute Gasteiger partial charge is 0.265 e. The Kier molecular flexibility index (Phi) is 4.69. The molecule has 0 saturated heterocycles. The molecule has 3 aromatic rings. The molecular weight excluding hydrogens is 330 g/mol. The van der Waals surface area contributed by atoms with Crippen molar-refractivity contribution < 1.29 is 4.79 Å². The van der Waals surface area contributed by atoms with Crippen LogP contribution in [0, 0.1) is 0 Å². The van der Waals surface area contributed by atoms with Crippen molar-refractivity contribution in [2.45, 2.75) is 13.0 Å². The Morgan fingerprint density at radius 2 is 1.83 bits per heavy atom. The Morgan fingerprint density at radius 1 is 1.13 bits per heavy atom. The third-order valence-corrected chi connectivity index (χ3v) is 4.44. The fraction of sp³-hybridized carbons (Fsp3) is 0.118. The molecule has 0 radical (unpaired) electrons. The van der Waals surface area contributed by atoms with Gasteiger partial charge in [0.25, 0.3) is 5.91 Å². The van der Waals surface area contributed by atoms with Crippen LogP contribution < -0.4 is 5.32 Å². The van der Waals surface area contributed by atoms with Gasteiger partial charge in [0.1, 0.15) is 10.6 Å². The molecule has 1 atom stereocenters. The summed E-state index contributed by atoms with van der Waals surface area (Å²) in [5, 5.41) is 7.74. The minimum Gasteiger partial charge on any atom is -0.345 e. The van der Waals surface area contributed by atoms with E-state index in [-0.39, 0.29) is 11.9 Å². The highest BCUT2D eigenvalue weighted by molar-refractivity contribution is 7.08. The van der Waals surface area contributed by atoms with E-state index in [2.05, 4.69) is 14.9 Å². The van der Waals surface area contributed by atoms with Gasteiger partial charge in [-0.3, -0.25) is 4.79 Å². The molecule has 0 bridgehead atoms. The maximum absolute atomic E-state index is 12.5. The third-order valence-electron chi connectivity index (χ3n) is 3.46. The van der Waals surface area contributed by atoms with Crippen molar-refractivity contribution in [2.75, 3.05) is 0 Å². The van der Waals surface area contributed by atoms with Gasteiger partial charge in [-0.15, -0.1) is 5.10 Å². The van der Waals surface area contributed by atoms with E-state index < -0.39 is 0 Å². The van der Waals surface area contributed by atoms with Crippen molar-refractivity contribution in [3.8, 4) is 11.3 Å². The maximum atomic E-state index is 12.5. The molecule has 4 nitrogen and oxygen atoms in total. The van der Waals surface area contributed by atoms with Gasteiger partial charge in [-0.05, 0) is 36.2 Å². The van der Waals surface area contributed by atoms with E-state index in [1.165, 1.54) is 0 Å². The molecule has 0 fully saturated rings. The lowest BCUT2D eigenvalue weighted by molar-refractivity contribution is 0.0944. The maximum Gasteiger partial charge on any atom is 0.265 e. The predicted molar refractivity (Wildman–Crippen MR) is 92.7 cm³/mol. The molecule has 116 valence electrons. The van der Waals surface area contributed by atoms with E-state index in [1.54, 1.807) is 0 Å². The topological polar surface area (TPSA) is 54.9 Å². The molecule has 3 rings (SSSR count). The van der Waals surface area contributed by atoms with Crippen LogP contribution in [0.25, 0.3) is 11.3 Å². The van der Waals surface area contributed by atoms with Crippen LogP contribution in [-0.2, 0) is 0 Å². The van der Waals surface area contributed by atoms with Gasteiger partial charge in [0, 0.05) is 10.6 Å². The van der Waals surface area contributed by atoms with Crippen LogP contribution in [0.4, 0.5) is 0 Å². The molecule has 1 heterocycles. The molecule has 23 heavy (non-hydrogen) atoms. The molecule has 0 saturated carbocycles. The molecule has 0 unspecified atom stereocenters. The van der Waals surface area contributed by atoms with E-state index in [4.69, 9.17) is 11.6 Å². The van der Waals surface area contributed by atoms with Crippen molar-refractivity contribution >= 4 is 29.0 Å². The minimum absolute atomic E-state index is 0.134. The Morgan fingerprint density at radius 3 is 2.52 bits per heavy atom. The van der Waals surface area contributed by atoms with Crippen molar-refractivity contribution in [1.29, 1.82) is 0 Å². The molecule has 0 spiro atoms. The zero-order valence-electron chi connectivity index (χ0n) is 12.4. The first-order valence-electron chi connectivity index (χ1n) is 7.09. The summed E-state index contributed by atoms with van der Waals surface area (Å²) in [5.41, 5.74) is 2.48. The van der Waals surface area contributed by atoms with E-state index in [1.807, 2.05) is 61.5 Å². The van der Waals surface area contributed by atoms with Crippen LogP contribution in [-0.4, -0.2) is 15.5 Å². The van der Waals surface area contributed by atoms with Gasteiger partial charge in [-0.1, -0.05) is 58.6 Å². The second kappa shape index (κ2) is 6.89. The van der Waals surface area contributed by atoms with E-state index in [0.717, 1.165) is 22.7 Å². The molecular formula is C17H14ClN3OS. The van der Waals surface area contributed by atoms with Crippen LogP contribution in [0.15, 0.2) is 54.6 Å². The molecule has 6 heteroatoms. The zero-order valence-corrected chi connectivity index (χ0v) is 13.9. The highest BCUT2D eigenvalue weighted by Gasteiger charge is 2.19. The molecule has 1 amide bonds. The van der Waals surface area contributed by atoms with Gasteiger partial charge in [-0.25, -0.2) is 0 Å². The second-order valence-electron chi connectivity index (χ2n) is 5.06. The average Bonchev–Trinajstić information content (AvgIpc) is 3.06. The summed E-state index contributed by atoms with van der Waals surface area (Å²) in [6.07, 6.45) is 0. The number of halogens is 1.